The lowest BCUT2D eigenvalue weighted by molar-refractivity contribution is 0.00671. The molecule has 0 saturated carbocycles. The van der Waals surface area contributed by atoms with Gasteiger partial charge in [0.25, 0.3) is 5.91 Å². The van der Waals surface area contributed by atoms with Gasteiger partial charge in [-0.25, -0.2) is 4.68 Å². The molecule has 146 valence electrons. The number of morpholine rings is 1. The van der Waals surface area contributed by atoms with Gasteiger partial charge in [0.05, 0.1) is 24.9 Å². The number of carbonyl (C=O) groups is 1. The summed E-state index contributed by atoms with van der Waals surface area (Å²) < 4.78 is 7.37. The molecule has 8 nitrogen and oxygen atoms in total. The highest BCUT2D eigenvalue weighted by Gasteiger charge is 2.26. The first-order valence-electron chi connectivity index (χ1n) is 9.80. The molecule has 2 aliphatic heterocycles. The standard InChI is InChI=1S/C18H32N6O2/c1-13(2)16(23-8-10-26-11-9-23)12-20-18(25)17-14(3)24(22-21-17)15-4-6-19-7-5-15/h13,15-16,19H,4-12H2,1-3H3,(H,20,25). The summed E-state index contributed by atoms with van der Waals surface area (Å²) in [5, 5.41) is 14.9. The number of nitrogens with zero attached hydrogens (tertiary/aromatic N) is 4. The van der Waals surface area contributed by atoms with Crippen LogP contribution < -0.4 is 10.6 Å². The highest BCUT2D eigenvalue weighted by Crippen LogP contribution is 2.20. The van der Waals surface area contributed by atoms with E-state index in [9.17, 15) is 4.79 Å². The summed E-state index contributed by atoms with van der Waals surface area (Å²) in [4.78, 5) is 15.1. The summed E-state index contributed by atoms with van der Waals surface area (Å²) in [6, 6.07) is 0.643. The van der Waals surface area contributed by atoms with E-state index in [2.05, 4.69) is 39.7 Å². The number of piperidine rings is 1. The maximum absolute atomic E-state index is 12.7. The average molecular weight is 364 g/mol. The number of carbonyl (C=O) groups excluding carboxylic acids is 1. The highest BCUT2D eigenvalue weighted by atomic mass is 16.5. The minimum Gasteiger partial charge on any atom is -0.379 e. The average Bonchev–Trinajstić information content (AvgIpc) is 3.04. The molecule has 0 spiro atoms. The van der Waals surface area contributed by atoms with Crippen LogP contribution in [0.5, 0.6) is 0 Å². The molecular formula is C18H32N6O2. The number of ether oxygens (including phenoxy) is 1. The van der Waals surface area contributed by atoms with E-state index < -0.39 is 0 Å². The molecule has 2 fully saturated rings. The largest absolute Gasteiger partial charge is 0.379 e. The van der Waals surface area contributed by atoms with Crippen molar-refractivity contribution < 1.29 is 9.53 Å². The second-order valence-electron chi connectivity index (χ2n) is 7.62. The van der Waals surface area contributed by atoms with Crippen molar-refractivity contribution in [2.24, 2.45) is 5.92 Å². The number of amides is 1. The van der Waals surface area contributed by atoms with Crippen molar-refractivity contribution in [1.29, 1.82) is 0 Å². The predicted molar refractivity (Wildman–Crippen MR) is 99.3 cm³/mol. The van der Waals surface area contributed by atoms with E-state index in [4.69, 9.17) is 4.74 Å². The fourth-order valence-corrected chi connectivity index (χ4v) is 3.93. The fraction of sp³-hybridized carbons (Fsp3) is 0.833. The van der Waals surface area contributed by atoms with Crippen molar-refractivity contribution in [2.45, 2.75) is 45.7 Å². The van der Waals surface area contributed by atoms with Gasteiger partial charge in [0.1, 0.15) is 0 Å². The van der Waals surface area contributed by atoms with Crippen LogP contribution in [0.1, 0.15) is 48.9 Å². The van der Waals surface area contributed by atoms with Crippen LogP contribution in [0, 0.1) is 12.8 Å². The van der Waals surface area contributed by atoms with Crippen LogP contribution in [0.4, 0.5) is 0 Å². The number of aromatic nitrogens is 3. The molecule has 1 unspecified atom stereocenters. The zero-order valence-electron chi connectivity index (χ0n) is 16.2. The van der Waals surface area contributed by atoms with E-state index >= 15 is 0 Å². The summed E-state index contributed by atoms with van der Waals surface area (Å²) in [5.41, 5.74) is 1.31. The number of rotatable bonds is 6. The van der Waals surface area contributed by atoms with Crippen LogP contribution in [0.25, 0.3) is 0 Å². The Morgan fingerprint density at radius 3 is 2.65 bits per heavy atom. The molecule has 26 heavy (non-hydrogen) atoms. The Balaban J connectivity index is 1.61. The summed E-state index contributed by atoms with van der Waals surface area (Å²) >= 11 is 0. The van der Waals surface area contributed by atoms with Gasteiger partial charge in [-0.2, -0.15) is 0 Å². The van der Waals surface area contributed by atoms with E-state index in [0.717, 1.165) is 57.9 Å². The second kappa shape index (κ2) is 8.92. The first-order valence-corrected chi connectivity index (χ1v) is 9.80. The van der Waals surface area contributed by atoms with Gasteiger partial charge in [0, 0.05) is 25.7 Å². The van der Waals surface area contributed by atoms with Gasteiger partial charge in [0.2, 0.25) is 0 Å². The van der Waals surface area contributed by atoms with E-state index in [1.54, 1.807) is 0 Å². The highest BCUT2D eigenvalue weighted by molar-refractivity contribution is 5.93. The number of hydrogen-bond donors (Lipinski definition) is 2. The zero-order valence-corrected chi connectivity index (χ0v) is 16.2. The smallest absolute Gasteiger partial charge is 0.273 e. The van der Waals surface area contributed by atoms with Crippen LogP contribution in [-0.2, 0) is 4.74 Å². The summed E-state index contributed by atoms with van der Waals surface area (Å²) in [6.45, 7) is 12.3. The van der Waals surface area contributed by atoms with E-state index in [1.807, 2.05) is 11.6 Å². The third-order valence-electron chi connectivity index (χ3n) is 5.55. The normalized spacial score (nSPS) is 21.1. The Morgan fingerprint density at radius 2 is 2.00 bits per heavy atom. The minimum atomic E-state index is -0.124. The van der Waals surface area contributed by atoms with Crippen molar-refractivity contribution in [2.75, 3.05) is 45.9 Å². The van der Waals surface area contributed by atoms with Gasteiger partial charge >= 0.3 is 0 Å². The maximum atomic E-state index is 12.7. The van der Waals surface area contributed by atoms with Gasteiger partial charge in [-0.3, -0.25) is 9.69 Å². The van der Waals surface area contributed by atoms with E-state index in [1.165, 1.54) is 0 Å². The molecule has 0 bridgehead atoms. The molecule has 0 aliphatic carbocycles. The lowest BCUT2D eigenvalue weighted by atomic mass is 10.0. The van der Waals surface area contributed by atoms with Gasteiger partial charge in [-0.15, -0.1) is 5.10 Å². The Morgan fingerprint density at radius 1 is 1.31 bits per heavy atom. The monoisotopic (exact) mass is 364 g/mol. The van der Waals surface area contributed by atoms with Crippen molar-refractivity contribution in [3.8, 4) is 0 Å². The SMILES string of the molecule is Cc1c(C(=O)NCC(C(C)C)N2CCOCC2)nnn1C1CCNCC1. The van der Waals surface area contributed by atoms with Crippen LogP contribution in [0.3, 0.4) is 0 Å². The molecule has 2 N–H and O–H groups in total. The molecule has 1 aromatic heterocycles. The van der Waals surface area contributed by atoms with Gasteiger partial charge in [-0.1, -0.05) is 19.1 Å². The molecule has 1 amide bonds. The van der Waals surface area contributed by atoms with Crippen molar-refractivity contribution in [3.05, 3.63) is 11.4 Å². The molecule has 3 heterocycles. The Hall–Kier alpha value is -1.51. The summed E-state index contributed by atoms with van der Waals surface area (Å²) in [5.74, 6) is 0.335. The van der Waals surface area contributed by atoms with E-state index in [0.29, 0.717) is 30.2 Å². The predicted octanol–water partition coefficient (Wildman–Crippen LogP) is 0.598. The first-order chi connectivity index (χ1) is 12.6. The molecular weight excluding hydrogens is 332 g/mol. The third-order valence-corrected chi connectivity index (χ3v) is 5.55. The van der Waals surface area contributed by atoms with Crippen molar-refractivity contribution >= 4 is 5.91 Å². The lowest BCUT2D eigenvalue weighted by Gasteiger charge is -2.36. The van der Waals surface area contributed by atoms with Crippen LogP contribution in [0.2, 0.25) is 0 Å². The van der Waals surface area contributed by atoms with Gasteiger partial charge in [-0.05, 0) is 38.8 Å². The first kappa shape index (κ1) is 19.3. The topological polar surface area (TPSA) is 84.3 Å². The van der Waals surface area contributed by atoms with Gasteiger partial charge in [0.15, 0.2) is 5.69 Å². The third kappa shape index (κ3) is 4.42. The summed E-state index contributed by atoms with van der Waals surface area (Å²) in [6.07, 6.45) is 2.05. The zero-order chi connectivity index (χ0) is 18.5. The van der Waals surface area contributed by atoms with Crippen LogP contribution in [-0.4, -0.2) is 77.8 Å². The molecule has 8 heteroatoms. The minimum absolute atomic E-state index is 0.124. The quantitative estimate of drug-likeness (QED) is 0.769. The van der Waals surface area contributed by atoms with Crippen molar-refractivity contribution in [3.63, 3.8) is 0 Å². The molecule has 1 aromatic rings. The molecule has 2 aliphatic rings. The molecule has 0 aromatic carbocycles. The molecule has 1 atom stereocenters. The molecule has 3 rings (SSSR count). The van der Waals surface area contributed by atoms with E-state index in [-0.39, 0.29) is 5.91 Å². The number of nitrogens with one attached hydrogen (secondary N) is 2. The second-order valence-corrected chi connectivity index (χ2v) is 7.62. The Bertz CT molecular complexity index is 591. The van der Waals surface area contributed by atoms with Crippen molar-refractivity contribution in [1.82, 2.24) is 30.5 Å². The lowest BCUT2D eigenvalue weighted by Crippen LogP contribution is -2.51. The Kier molecular flexibility index (Phi) is 6.61. The Labute approximate surface area is 155 Å². The maximum Gasteiger partial charge on any atom is 0.273 e. The molecule has 2 saturated heterocycles. The van der Waals surface area contributed by atoms with Gasteiger partial charge < -0.3 is 15.4 Å². The van der Waals surface area contributed by atoms with Crippen LogP contribution >= 0.6 is 0 Å². The van der Waals surface area contributed by atoms with Crippen LogP contribution in [0.15, 0.2) is 0 Å². The fourth-order valence-electron chi connectivity index (χ4n) is 3.93. The molecule has 0 radical (unpaired) electrons. The summed E-state index contributed by atoms with van der Waals surface area (Å²) in [7, 11) is 0. The number of hydrogen-bond acceptors (Lipinski definition) is 6.